The Labute approximate surface area is 126 Å². The van der Waals surface area contributed by atoms with Crippen LogP contribution in [0.5, 0.6) is 0 Å². The Hall–Kier alpha value is -1.30. The summed E-state index contributed by atoms with van der Waals surface area (Å²) < 4.78 is 0. The van der Waals surface area contributed by atoms with Crippen molar-refractivity contribution in [3.63, 3.8) is 0 Å². The maximum atomic E-state index is 12.8. The maximum Gasteiger partial charge on any atom is 0.329 e. The molecule has 120 valence electrons. The van der Waals surface area contributed by atoms with Gasteiger partial charge < -0.3 is 19.8 Å². The Balaban J connectivity index is 2.11. The third-order valence-electron chi connectivity index (χ3n) is 5.03. The quantitative estimate of drug-likeness (QED) is 0.838. The molecule has 0 saturated carbocycles. The summed E-state index contributed by atoms with van der Waals surface area (Å²) in [5.74, 6) is -0.898. The Morgan fingerprint density at radius 3 is 2.57 bits per heavy atom. The number of hydrogen-bond donors (Lipinski definition) is 1. The molecule has 0 aromatic carbocycles. The van der Waals surface area contributed by atoms with Crippen LogP contribution in [0.1, 0.15) is 39.0 Å². The van der Waals surface area contributed by atoms with Crippen LogP contribution in [0.2, 0.25) is 0 Å². The Morgan fingerprint density at radius 1 is 1.24 bits per heavy atom. The number of carboxylic acid groups (broad SMARTS) is 1. The number of likely N-dealkylation sites (N-methyl/N-ethyl adjacent to an activating group) is 2. The molecule has 2 amide bonds. The molecule has 6 nitrogen and oxygen atoms in total. The molecule has 2 aliphatic rings. The molecule has 6 heteroatoms. The van der Waals surface area contributed by atoms with Gasteiger partial charge in [-0.1, -0.05) is 0 Å². The summed E-state index contributed by atoms with van der Waals surface area (Å²) in [6, 6.07) is 0.0381. The zero-order valence-corrected chi connectivity index (χ0v) is 13.3. The van der Waals surface area contributed by atoms with Gasteiger partial charge in [-0.25, -0.2) is 9.59 Å². The topological polar surface area (TPSA) is 64.1 Å². The first-order valence-electron chi connectivity index (χ1n) is 7.82. The van der Waals surface area contributed by atoms with Crippen molar-refractivity contribution in [2.45, 2.75) is 50.6 Å². The number of urea groups is 1. The van der Waals surface area contributed by atoms with Crippen molar-refractivity contribution in [3.05, 3.63) is 0 Å². The van der Waals surface area contributed by atoms with E-state index < -0.39 is 11.5 Å². The van der Waals surface area contributed by atoms with E-state index in [0.29, 0.717) is 13.0 Å². The highest BCUT2D eigenvalue weighted by Gasteiger charge is 2.45. The van der Waals surface area contributed by atoms with E-state index in [0.717, 1.165) is 38.8 Å². The van der Waals surface area contributed by atoms with Crippen molar-refractivity contribution in [2.75, 3.05) is 33.7 Å². The van der Waals surface area contributed by atoms with Gasteiger partial charge in [0.05, 0.1) is 0 Å². The van der Waals surface area contributed by atoms with Crippen molar-refractivity contribution < 1.29 is 14.7 Å². The van der Waals surface area contributed by atoms with Crippen LogP contribution in [0.25, 0.3) is 0 Å². The molecule has 2 atom stereocenters. The van der Waals surface area contributed by atoms with E-state index in [-0.39, 0.29) is 12.1 Å². The number of nitrogens with zero attached hydrogens (tertiary/aromatic N) is 3. The van der Waals surface area contributed by atoms with Crippen molar-refractivity contribution in [2.24, 2.45) is 0 Å². The Bertz CT molecular complexity index is 415. The van der Waals surface area contributed by atoms with Crippen molar-refractivity contribution in [1.82, 2.24) is 14.7 Å². The van der Waals surface area contributed by atoms with E-state index in [1.54, 1.807) is 16.7 Å². The van der Waals surface area contributed by atoms with Crippen LogP contribution in [0.3, 0.4) is 0 Å². The molecule has 2 aliphatic heterocycles. The average molecular weight is 297 g/mol. The second kappa shape index (κ2) is 6.22. The van der Waals surface area contributed by atoms with E-state index in [2.05, 4.69) is 11.9 Å². The monoisotopic (exact) mass is 297 g/mol. The maximum absolute atomic E-state index is 12.8. The first-order chi connectivity index (χ1) is 9.86. The van der Waals surface area contributed by atoms with E-state index in [1.807, 2.05) is 7.05 Å². The van der Waals surface area contributed by atoms with Gasteiger partial charge >= 0.3 is 12.0 Å². The first-order valence-corrected chi connectivity index (χ1v) is 7.82. The highest BCUT2D eigenvalue weighted by molar-refractivity contribution is 5.86. The number of rotatable bonds is 2. The lowest BCUT2D eigenvalue weighted by Crippen LogP contribution is -2.62. The molecule has 2 fully saturated rings. The summed E-state index contributed by atoms with van der Waals surface area (Å²) in [4.78, 5) is 30.0. The van der Waals surface area contributed by atoms with Crippen molar-refractivity contribution in [1.29, 1.82) is 0 Å². The van der Waals surface area contributed by atoms with Gasteiger partial charge in [0, 0.05) is 26.2 Å². The van der Waals surface area contributed by atoms with Gasteiger partial charge in [0.15, 0.2) is 0 Å². The lowest BCUT2D eigenvalue weighted by atomic mass is 9.88. The van der Waals surface area contributed by atoms with Crippen LogP contribution in [-0.4, -0.2) is 77.1 Å². The molecule has 2 saturated heterocycles. The largest absolute Gasteiger partial charge is 0.480 e. The number of amides is 2. The minimum Gasteiger partial charge on any atom is -0.480 e. The van der Waals surface area contributed by atoms with E-state index in [4.69, 9.17) is 0 Å². The third-order valence-corrected chi connectivity index (χ3v) is 5.03. The zero-order valence-electron chi connectivity index (χ0n) is 13.3. The van der Waals surface area contributed by atoms with Crippen molar-refractivity contribution >= 4 is 12.0 Å². The van der Waals surface area contributed by atoms with Gasteiger partial charge in [-0.2, -0.15) is 0 Å². The van der Waals surface area contributed by atoms with Crippen LogP contribution in [0.4, 0.5) is 4.79 Å². The highest BCUT2D eigenvalue weighted by Crippen LogP contribution is 2.30. The summed E-state index contributed by atoms with van der Waals surface area (Å²) in [5.41, 5.74) is -1.07. The summed E-state index contributed by atoms with van der Waals surface area (Å²) >= 11 is 0. The molecule has 0 spiro atoms. The number of carboxylic acids is 1. The summed E-state index contributed by atoms with van der Waals surface area (Å²) in [6.45, 7) is 4.14. The number of aliphatic carboxylic acids is 1. The van der Waals surface area contributed by atoms with Crippen molar-refractivity contribution in [3.8, 4) is 0 Å². The van der Waals surface area contributed by atoms with Crippen LogP contribution < -0.4 is 0 Å². The molecule has 2 unspecified atom stereocenters. The summed E-state index contributed by atoms with van der Waals surface area (Å²) in [5, 5.41) is 9.53. The number of likely N-dealkylation sites (tertiary alicyclic amines) is 2. The third kappa shape index (κ3) is 3.15. The van der Waals surface area contributed by atoms with Gasteiger partial charge in [0.25, 0.3) is 0 Å². The summed E-state index contributed by atoms with van der Waals surface area (Å²) in [7, 11) is 3.87. The molecule has 0 radical (unpaired) electrons. The second-order valence-corrected chi connectivity index (χ2v) is 6.64. The van der Waals surface area contributed by atoms with E-state index in [9.17, 15) is 14.7 Å². The highest BCUT2D eigenvalue weighted by atomic mass is 16.4. The van der Waals surface area contributed by atoms with Gasteiger partial charge in [-0.15, -0.1) is 0 Å². The molecule has 2 rings (SSSR count). The first kappa shape index (κ1) is 16.1. The smallest absolute Gasteiger partial charge is 0.329 e. The molecule has 0 aromatic rings. The fourth-order valence-electron chi connectivity index (χ4n) is 3.45. The fourth-order valence-corrected chi connectivity index (χ4v) is 3.45. The van der Waals surface area contributed by atoms with Gasteiger partial charge in [-0.3, -0.25) is 0 Å². The Kier molecular flexibility index (Phi) is 4.76. The number of piperidine rings is 2. The number of hydrogen-bond acceptors (Lipinski definition) is 3. The molecule has 0 aliphatic carbocycles. The van der Waals surface area contributed by atoms with Crippen LogP contribution in [0.15, 0.2) is 0 Å². The van der Waals surface area contributed by atoms with Crippen LogP contribution in [-0.2, 0) is 4.79 Å². The Morgan fingerprint density at radius 2 is 1.95 bits per heavy atom. The van der Waals surface area contributed by atoms with Gasteiger partial charge in [-0.05, 0) is 52.6 Å². The lowest BCUT2D eigenvalue weighted by Gasteiger charge is -2.45. The molecule has 2 heterocycles. The molecule has 0 bridgehead atoms. The molecular formula is C15H27N3O3. The normalized spacial score (nSPS) is 31.0. The minimum atomic E-state index is -1.07. The predicted octanol–water partition coefficient (Wildman–Crippen LogP) is 1.46. The number of carbonyl (C=O) groups excluding carboxylic acids is 1. The molecule has 21 heavy (non-hydrogen) atoms. The zero-order chi connectivity index (χ0) is 15.6. The molecular weight excluding hydrogens is 270 g/mol. The minimum absolute atomic E-state index is 0.139. The molecule has 0 aromatic heterocycles. The number of carbonyl (C=O) groups is 2. The SMILES string of the molecule is CN1CCCC(N(C)C(=O)N2CCCCC2(C)C(=O)O)C1. The average Bonchev–Trinajstić information content (AvgIpc) is 2.46. The van der Waals surface area contributed by atoms with E-state index in [1.165, 1.54) is 0 Å². The standard InChI is InChI=1S/C15H27N3O3/c1-15(13(19)20)8-4-5-10-18(15)14(21)17(3)12-7-6-9-16(2)11-12/h12H,4-11H2,1-3H3,(H,19,20). The predicted molar refractivity (Wildman–Crippen MR) is 80.3 cm³/mol. The van der Waals surface area contributed by atoms with E-state index >= 15 is 0 Å². The molecule has 1 N–H and O–H groups in total. The fraction of sp³-hybridized carbons (Fsp3) is 0.867. The van der Waals surface area contributed by atoms with Gasteiger partial charge in [0.2, 0.25) is 0 Å². The van der Waals surface area contributed by atoms with Crippen LogP contribution in [0, 0.1) is 0 Å². The van der Waals surface area contributed by atoms with Gasteiger partial charge in [0.1, 0.15) is 5.54 Å². The lowest BCUT2D eigenvalue weighted by molar-refractivity contribution is -0.150. The van der Waals surface area contributed by atoms with Crippen LogP contribution >= 0.6 is 0 Å². The second-order valence-electron chi connectivity index (χ2n) is 6.64. The summed E-state index contributed by atoms with van der Waals surface area (Å²) in [6.07, 6.45) is 4.35.